The second-order valence-corrected chi connectivity index (χ2v) is 7.82. The fraction of sp³-hybridized carbons (Fsp3) is 0.0909. The number of nitrogens with one attached hydrogen (secondary N) is 1. The zero-order valence-corrected chi connectivity index (χ0v) is 17.9. The molecule has 1 amide bonds. The summed E-state index contributed by atoms with van der Waals surface area (Å²) in [6.07, 6.45) is 1.65. The van der Waals surface area contributed by atoms with Gasteiger partial charge in [0.2, 0.25) is 0 Å². The first-order valence-electron chi connectivity index (χ1n) is 8.90. The van der Waals surface area contributed by atoms with Gasteiger partial charge in [-0.05, 0) is 73.2 Å². The summed E-state index contributed by atoms with van der Waals surface area (Å²) in [7, 11) is 0. The molecule has 1 aromatic heterocycles. The molecule has 0 saturated carbocycles. The quantitative estimate of drug-likeness (QED) is 0.412. The highest BCUT2D eigenvalue weighted by Crippen LogP contribution is 2.24. The Labute approximate surface area is 182 Å². The van der Waals surface area contributed by atoms with Gasteiger partial charge in [0.15, 0.2) is 5.11 Å². The highest BCUT2D eigenvalue weighted by molar-refractivity contribution is 9.10. The molecule has 29 heavy (non-hydrogen) atoms. The number of anilines is 1. The molecule has 0 spiro atoms. The van der Waals surface area contributed by atoms with E-state index in [-0.39, 0.29) is 5.91 Å². The van der Waals surface area contributed by atoms with Crippen molar-refractivity contribution in [3.8, 4) is 5.75 Å². The number of halogens is 1. The van der Waals surface area contributed by atoms with E-state index in [1.807, 2.05) is 61.5 Å². The molecule has 4 rings (SSSR count). The lowest BCUT2D eigenvalue weighted by Gasteiger charge is -2.14. The average Bonchev–Trinajstić information content (AvgIpc) is 3.25. The molecule has 0 aliphatic carbocycles. The third-order valence-corrected chi connectivity index (χ3v) is 5.12. The van der Waals surface area contributed by atoms with Crippen molar-refractivity contribution in [1.29, 1.82) is 0 Å². The van der Waals surface area contributed by atoms with Crippen LogP contribution in [0.2, 0.25) is 0 Å². The van der Waals surface area contributed by atoms with Crippen molar-refractivity contribution in [2.75, 3.05) is 4.90 Å². The molecule has 0 unspecified atom stereocenters. The predicted molar refractivity (Wildman–Crippen MR) is 120 cm³/mol. The van der Waals surface area contributed by atoms with Crippen LogP contribution in [0.3, 0.4) is 0 Å². The minimum Gasteiger partial charge on any atom is -0.486 e. The zero-order chi connectivity index (χ0) is 20.4. The Balaban J connectivity index is 1.46. The number of carbonyl (C=O) groups excluding carboxylic acids is 1. The van der Waals surface area contributed by atoms with Gasteiger partial charge < -0.3 is 14.5 Å². The molecule has 1 fully saturated rings. The lowest BCUT2D eigenvalue weighted by atomic mass is 10.2. The Morgan fingerprint density at radius 2 is 1.97 bits per heavy atom. The Morgan fingerprint density at radius 1 is 1.17 bits per heavy atom. The number of nitrogens with zero attached hydrogens (tertiary/aromatic N) is 1. The molecule has 0 bridgehead atoms. The van der Waals surface area contributed by atoms with E-state index in [0.29, 0.717) is 28.9 Å². The molecule has 1 aliphatic heterocycles. The fourth-order valence-corrected chi connectivity index (χ4v) is 3.48. The van der Waals surface area contributed by atoms with Crippen LogP contribution in [0.5, 0.6) is 5.75 Å². The van der Waals surface area contributed by atoms with E-state index < -0.39 is 0 Å². The number of ether oxygens (including phenoxy) is 1. The van der Waals surface area contributed by atoms with E-state index in [4.69, 9.17) is 21.4 Å². The number of hydrogen-bond acceptors (Lipinski definition) is 4. The molecule has 0 radical (unpaired) electrons. The van der Waals surface area contributed by atoms with Crippen LogP contribution in [0.25, 0.3) is 6.08 Å². The normalized spacial score (nSPS) is 15.1. The second kappa shape index (κ2) is 8.23. The highest BCUT2D eigenvalue weighted by atomic mass is 79.9. The second-order valence-electron chi connectivity index (χ2n) is 6.51. The number of amides is 1. The van der Waals surface area contributed by atoms with Gasteiger partial charge in [0.1, 0.15) is 29.6 Å². The molecule has 2 heterocycles. The van der Waals surface area contributed by atoms with Crippen LogP contribution in [0.4, 0.5) is 5.69 Å². The van der Waals surface area contributed by atoms with Crippen molar-refractivity contribution in [3.63, 3.8) is 0 Å². The minimum atomic E-state index is -0.218. The summed E-state index contributed by atoms with van der Waals surface area (Å²) in [6.45, 7) is 2.26. The first-order chi connectivity index (χ1) is 14.0. The van der Waals surface area contributed by atoms with E-state index in [0.717, 1.165) is 21.5 Å². The van der Waals surface area contributed by atoms with Gasteiger partial charge in [-0.2, -0.15) is 0 Å². The zero-order valence-electron chi connectivity index (χ0n) is 15.5. The summed E-state index contributed by atoms with van der Waals surface area (Å²) >= 11 is 8.74. The lowest BCUT2D eigenvalue weighted by Crippen LogP contribution is -2.30. The van der Waals surface area contributed by atoms with Crippen LogP contribution in [0, 0.1) is 6.92 Å². The molecular formula is C22H17BrN2O3S. The monoisotopic (exact) mass is 468 g/mol. The Morgan fingerprint density at radius 3 is 2.72 bits per heavy atom. The third kappa shape index (κ3) is 4.41. The third-order valence-electron chi connectivity index (χ3n) is 4.30. The van der Waals surface area contributed by atoms with Gasteiger partial charge in [-0.25, -0.2) is 0 Å². The number of furan rings is 1. The van der Waals surface area contributed by atoms with Gasteiger partial charge in [-0.1, -0.05) is 28.1 Å². The molecule has 1 saturated heterocycles. The molecule has 2 aromatic carbocycles. The van der Waals surface area contributed by atoms with Crippen LogP contribution in [-0.4, -0.2) is 11.0 Å². The largest absolute Gasteiger partial charge is 0.486 e. The summed E-state index contributed by atoms with van der Waals surface area (Å²) in [5.41, 5.74) is 2.15. The van der Waals surface area contributed by atoms with Gasteiger partial charge in [0.25, 0.3) is 5.91 Å². The van der Waals surface area contributed by atoms with Gasteiger partial charge in [0, 0.05) is 10.5 Å². The van der Waals surface area contributed by atoms with Crippen molar-refractivity contribution >= 4 is 50.9 Å². The molecule has 1 aliphatic rings. The van der Waals surface area contributed by atoms with Gasteiger partial charge in [-0.15, -0.1) is 0 Å². The van der Waals surface area contributed by atoms with Crippen LogP contribution in [0.15, 0.2) is 75.3 Å². The van der Waals surface area contributed by atoms with Crippen molar-refractivity contribution in [2.24, 2.45) is 0 Å². The Bertz CT molecular complexity index is 1110. The topological polar surface area (TPSA) is 54.7 Å². The Hall–Kier alpha value is -2.90. The van der Waals surface area contributed by atoms with E-state index in [2.05, 4.69) is 21.2 Å². The fourth-order valence-electron chi connectivity index (χ4n) is 2.91. The maximum absolute atomic E-state index is 12.8. The molecule has 1 N–H and O–H groups in total. The first-order valence-corrected chi connectivity index (χ1v) is 10.1. The summed E-state index contributed by atoms with van der Waals surface area (Å²) < 4.78 is 12.5. The molecular weight excluding hydrogens is 452 g/mol. The van der Waals surface area contributed by atoms with E-state index in [1.165, 1.54) is 4.90 Å². The van der Waals surface area contributed by atoms with Crippen LogP contribution in [0.1, 0.15) is 17.1 Å². The molecule has 3 aromatic rings. The lowest BCUT2D eigenvalue weighted by molar-refractivity contribution is -0.113. The summed E-state index contributed by atoms with van der Waals surface area (Å²) in [4.78, 5) is 14.3. The van der Waals surface area contributed by atoms with Crippen LogP contribution in [-0.2, 0) is 11.4 Å². The minimum absolute atomic E-state index is 0.218. The highest BCUT2D eigenvalue weighted by Gasteiger charge is 2.32. The van der Waals surface area contributed by atoms with E-state index in [1.54, 1.807) is 12.1 Å². The number of carbonyl (C=O) groups is 1. The van der Waals surface area contributed by atoms with Crippen molar-refractivity contribution < 1.29 is 13.9 Å². The maximum atomic E-state index is 12.8. The smallest absolute Gasteiger partial charge is 0.281 e. The van der Waals surface area contributed by atoms with Gasteiger partial charge in [-0.3, -0.25) is 9.69 Å². The summed E-state index contributed by atoms with van der Waals surface area (Å²) in [5.74, 6) is 1.73. The number of aryl methyl sites for hydroxylation is 1. The predicted octanol–water partition coefficient (Wildman–Crippen LogP) is 5.19. The molecule has 5 nitrogen and oxygen atoms in total. The van der Waals surface area contributed by atoms with Gasteiger partial charge in [0.05, 0.1) is 5.69 Å². The molecule has 146 valence electrons. The average molecular weight is 469 g/mol. The molecule has 7 heteroatoms. The van der Waals surface area contributed by atoms with E-state index in [9.17, 15) is 4.79 Å². The SMILES string of the molecule is Cc1cccc(N2C(=O)/C(=C\c3ccc(COc4ccc(Br)cc4)o3)NC2=S)c1. The standard InChI is InChI=1S/C22H17BrN2O3S/c1-14-3-2-4-16(11-14)25-21(26)20(24-22(25)29)12-18-9-10-19(28-18)13-27-17-7-5-15(23)6-8-17/h2-12H,13H2,1H3,(H,24,29)/b20-12+. The van der Waals surface area contributed by atoms with Crippen LogP contribution >= 0.6 is 28.1 Å². The van der Waals surface area contributed by atoms with Gasteiger partial charge >= 0.3 is 0 Å². The summed E-state index contributed by atoms with van der Waals surface area (Å²) in [5, 5.41) is 3.31. The summed E-state index contributed by atoms with van der Waals surface area (Å²) in [6, 6.07) is 18.8. The van der Waals surface area contributed by atoms with E-state index >= 15 is 0 Å². The van der Waals surface area contributed by atoms with Crippen molar-refractivity contribution in [3.05, 3.63) is 87.9 Å². The number of thiocarbonyl (C=S) groups is 1. The Kier molecular flexibility index (Phi) is 5.51. The maximum Gasteiger partial charge on any atom is 0.281 e. The van der Waals surface area contributed by atoms with Crippen molar-refractivity contribution in [1.82, 2.24) is 5.32 Å². The first kappa shape index (κ1) is 19.4. The van der Waals surface area contributed by atoms with Crippen molar-refractivity contribution in [2.45, 2.75) is 13.5 Å². The number of rotatable bonds is 5. The van der Waals surface area contributed by atoms with Crippen LogP contribution < -0.4 is 15.0 Å². The number of benzene rings is 2. The molecule has 0 atom stereocenters. The number of hydrogen-bond donors (Lipinski definition) is 1.